The third-order valence-electron chi connectivity index (χ3n) is 3.07. The third kappa shape index (κ3) is 5.25. The third-order valence-corrected chi connectivity index (χ3v) is 5.56. The van der Waals surface area contributed by atoms with E-state index >= 15 is 0 Å². The molecule has 0 N–H and O–H groups in total. The van der Waals surface area contributed by atoms with Crippen LogP contribution >= 0.6 is 0 Å². The van der Waals surface area contributed by atoms with Gasteiger partial charge in [-0.05, 0) is 37.7 Å². The lowest BCUT2D eigenvalue weighted by atomic mass is 10.3. The Morgan fingerprint density at radius 1 is 0.762 bits per heavy atom. The van der Waals surface area contributed by atoms with E-state index in [-0.39, 0.29) is 0 Å². The summed E-state index contributed by atoms with van der Waals surface area (Å²) in [6.45, 7) is 4.83. The summed E-state index contributed by atoms with van der Waals surface area (Å²) in [5, 5.41) is 0. The van der Waals surface area contributed by atoms with Crippen molar-refractivity contribution in [3.63, 3.8) is 0 Å². The highest BCUT2D eigenvalue weighted by Gasteiger charge is 2.31. The standard InChI is InChI=1S/C17H22O3Si/c1-3-20-21(2,14-18-16-10-6-4-7-11-16)15-19-17-12-8-5-9-13-17/h4-13H,3,14-15H2,1-2H3. The zero-order valence-electron chi connectivity index (χ0n) is 12.6. The van der Waals surface area contributed by atoms with Crippen molar-refractivity contribution >= 4 is 8.32 Å². The van der Waals surface area contributed by atoms with E-state index in [1.807, 2.05) is 67.6 Å². The van der Waals surface area contributed by atoms with E-state index in [4.69, 9.17) is 13.9 Å². The van der Waals surface area contributed by atoms with Gasteiger partial charge in [0.1, 0.15) is 24.0 Å². The summed E-state index contributed by atoms with van der Waals surface area (Å²) < 4.78 is 17.7. The molecule has 3 nitrogen and oxygen atoms in total. The fourth-order valence-corrected chi connectivity index (χ4v) is 3.87. The summed E-state index contributed by atoms with van der Waals surface area (Å²) in [6, 6.07) is 19.7. The van der Waals surface area contributed by atoms with Crippen molar-refractivity contribution in [2.24, 2.45) is 0 Å². The quantitative estimate of drug-likeness (QED) is 0.694. The van der Waals surface area contributed by atoms with Crippen molar-refractivity contribution in [1.29, 1.82) is 0 Å². The summed E-state index contributed by atoms with van der Waals surface area (Å²) in [7, 11) is -2.06. The fraction of sp³-hybridized carbons (Fsp3) is 0.294. The minimum atomic E-state index is -2.06. The van der Waals surface area contributed by atoms with Crippen LogP contribution in [0.3, 0.4) is 0 Å². The van der Waals surface area contributed by atoms with Crippen LogP contribution in [0.4, 0.5) is 0 Å². The lowest BCUT2D eigenvalue weighted by Gasteiger charge is -2.26. The smallest absolute Gasteiger partial charge is 0.264 e. The maximum absolute atomic E-state index is 5.96. The van der Waals surface area contributed by atoms with E-state index in [9.17, 15) is 0 Å². The molecule has 112 valence electrons. The highest BCUT2D eigenvalue weighted by molar-refractivity contribution is 6.72. The number of hydrogen-bond donors (Lipinski definition) is 0. The van der Waals surface area contributed by atoms with Gasteiger partial charge in [-0.2, -0.15) is 0 Å². The Kier molecular flexibility index (Phi) is 5.84. The van der Waals surface area contributed by atoms with Crippen molar-refractivity contribution < 1.29 is 13.9 Å². The summed E-state index contributed by atoms with van der Waals surface area (Å²) in [6.07, 6.45) is 1.16. The van der Waals surface area contributed by atoms with Crippen LogP contribution in [-0.4, -0.2) is 27.4 Å². The van der Waals surface area contributed by atoms with E-state index in [2.05, 4.69) is 6.55 Å². The maximum atomic E-state index is 5.96. The Balaban J connectivity index is 1.92. The first kappa shape index (κ1) is 15.6. The van der Waals surface area contributed by atoms with E-state index in [1.54, 1.807) is 0 Å². The largest absolute Gasteiger partial charge is 0.494 e. The van der Waals surface area contributed by atoms with Gasteiger partial charge in [0.05, 0.1) is 0 Å². The molecule has 0 bridgehead atoms. The molecular weight excluding hydrogens is 280 g/mol. The molecule has 0 aliphatic carbocycles. The first-order chi connectivity index (χ1) is 10.2. The number of rotatable bonds is 8. The molecule has 0 fully saturated rings. The second-order valence-corrected chi connectivity index (χ2v) is 8.85. The topological polar surface area (TPSA) is 27.7 Å². The van der Waals surface area contributed by atoms with Crippen LogP contribution in [0.1, 0.15) is 6.92 Å². The molecule has 2 rings (SSSR count). The highest BCUT2D eigenvalue weighted by atomic mass is 28.4. The molecule has 2 aromatic carbocycles. The highest BCUT2D eigenvalue weighted by Crippen LogP contribution is 2.15. The SMILES string of the molecule is CCO[Si](C)(COc1ccccc1)COc1ccccc1. The molecule has 21 heavy (non-hydrogen) atoms. The maximum Gasteiger partial charge on any atom is 0.264 e. The van der Waals surface area contributed by atoms with Crippen LogP contribution in [-0.2, 0) is 4.43 Å². The zero-order valence-corrected chi connectivity index (χ0v) is 13.6. The molecule has 0 saturated heterocycles. The normalized spacial score (nSPS) is 11.1. The van der Waals surface area contributed by atoms with Crippen LogP contribution in [0.25, 0.3) is 0 Å². The molecule has 0 radical (unpaired) electrons. The van der Waals surface area contributed by atoms with Gasteiger partial charge >= 0.3 is 0 Å². The van der Waals surface area contributed by atoms with Gasteiger partial charge in [0.15, 0.2) is 0 Å². The van der Waals surface area contributed by atoms with Gasteiger partial charge in [-0.1, -0.05) is 36.4 Å². The Morgan fingerprint density at radius 3 is 1.57 bits per heavy atom. The Hall–Kier alpha value is -1.78. The van der Waals surface area contributed by atoms with Gasteiger partial charge in [-0.25, -0.2) is 0 Å². The predicted octanol–water partition coefficient (Wildman–Crippen LogP) is 3.83. The molecule has 0 atom stereocenters. The minimum absolute atomic E-state index is 0.581. The first-order valence-corrected chi connectivity index (χ1v) is 10.0. The van der Waals surface area contributed by atoms with E-state index in [1.165, 1.54) is 0 Å². The number of ether oxygens (including phenoxy) is 2. The van der Waals surface area contributed by atoms with E-state index in [0.29, 0.717) is 19.1 Å². The predicted molar refractivity (Wildman–Crippen MR) is 87.1 cm³/mol. The molecule has 0 spiro atoms. The van der Waals surface area contributed by atoms with Crippen molar-refractivity contribution in [2.75, 3.05) is 19.1 Å². The summed E-state index contributed by atoms with van der Waals surface area (Å²) in [4.78, 5) is 0. The number of para-hydroxylation sites is 2. The second kappa shape index (κ2) is 7.86. The van der Waals surface area contributed by atoms with Crippen LogP contribution < -0.4 is 9.47 Å². The van der Waals surface area contributed by atoms with Crippen molar-refractivity contribution in [1.82, 2.24) is 0 Å². The average Bonchev–Trinajstić information content (AvgIpc) is 2.54. The second-order valence-electron chi connectivity index (χ2n) is 5.09. The Labute approximate surface area is 127 Å². The summed E-state index contributed by atoms with van der Waals surface area (Å²) >= 11 is 0. The van der Waals surface area contributed by atoms with Gasteiger partial charge in [0.25, 0.3) is 8.32 Å². The number of hydrogen-bond acceptors (Lipinski definition) is 3. The Morgan fingerprint density at radius 2 is 1.19 bits per heavy atom. The van der Waals surface area contributed by atoms with E-state index in [0.717, 1.165) is 11.5 Å². The van der Waals surface area contributed by atoms with Crippen molar-refractivity contribution in [3.8, 4) is 11.5 Å². The molecular formula is C17H22O3Si. The van der Waals surface area contributed by atoms with E-state index < -0.39 is 8.32 Å². The molecule has 0 aliphatic rings. The molecule has 2 aromatic rings. The van der Waals surface area contributed by atoms with Gasteiger partial charge in [-0.15, -0.1) is 0 Å². The van der Waals surface area contributed by atoms with Gasteiger partial charge in [0, 0.05) is 6.61 Å². The molecule has 0 aliphatic heterocycles. The first-order valence-electron chi connectivity index (χ1n) is 7.21. The van der Waals surface area contributed by atoms with Crippen LogP contribution in [0, 0.1) is 0 Å². The lowest BCUT2D eigenvalue weighted by Crippen LogP contribution is -2.48. The molecule has 0 amide bonds. The number of benzene rings is 2. The van der Waals surface area contributed by atoms with Gasteiger partial charge in [-0.3, -0.25) is 0 Å². The summed E-state index contributed by atoms with van der Waals surface area (Å²) in [5.41, 5.74) is 0. The fourth-order valence-electron chi connectivity index (χ4n) is 1.98. The van der Waals surface area contributed by atoms with Gasteiger partial charge in [0.2, 0.25) is 0 Å². The zero-order chi connectivity index (χ0) is 15.0. The monoisotopic (exact) mass is 302 g/mol. The lowest BCUT2D eigenvalue weighted by molar-refractivity contribution is 0.248. The molecule has 0 aromatic heterocycles. The molecule has 0 unspecified atom stereocenters. The molecule has 4 heteroatoms. The average molecular weight is 302 g/mol. The van der Waals surface area contributed by atoms with Crippen LogP contribution in [0.2, 0.25) is 6.55 Å². The Bertz CT molecular complexity index is 473. The van der Waals surface area contributed by atoms with Gasteiger partial charge < -0.3 is 13.9 Å². The van der Waals surface area contributed by atoms with Crippen LogP contribution in [0.5, 0.6) is 11.5 Å². The van der Waals surface area contributed by atoms with Crippen molar-refractivity contribution in [3.05, 3.63) is 60.7 Å². The molecule has 0 saturated carbocycles. The molecule has 0 heterocycles. The minimum Gasteiger partial charge on any atom is -0.494 e. The van der Waals surface area contributed by atoms with Crippen LogP contribution in [0.15, 0.2) is 60.7 Å². The summed E-state index contributed by atoms with van der Waals surface area (Å²) in [5.74, 6) is 1.74. The van der Waals surface area contributed by atoms with Crippen molar-refractivity contribution in [2.45, 2.75) is 13.5 Å².